The van der Waals surface area contributed by atoms with Crippen molar-refractivity contribution in [3.8, 4) is 11.5 Å². The van der Waals surface area contributed by atoms with E-state index in [1.807, 2.05) is 57.6 Å². The summed E-state index contributed by atoms with van der Waals surface area (Å²) in [6, 6.07) is 32.9. The molecule has 0 aliphatic carbocycles. The average Bonchev–Trinajstić information content (AvgIpc) is 3.14. The molecule has 8 heteroatoms. The molecule has 2 radical (unpaired) electrons. The minimum absolute atomic E-state index is 0. The smallest absolute Gasteiger partial charge is 0.150 e. The van der Waals surface area contributed by atoms with Crippen molar-refractivity contribution in [1.29, 1.82) is 0 Å². The van der Waals surface area contributed by atoms with Crippen LogP contribution < -0.4 is 0 Å². The topological polar surface area (TPSA) is 84.2 Å². The second-order valence-electron chi connectivity index (χ2n) is 14.3. The fourth-order valence-electron chi connectivity index (χ4n) is 7.06. The second kappa shape index (κ2) is 23.2. The first-order valence-corrected chi connectivity index (χ1v) is 19.2. The van der Waals surface area contributed by atoms with Crippen LogP contribution in [-0.2, 0) is 6.61 Å². The van der Waals surface area contributed by atoms with Crippen molar-refractivity contribution in [2.75, 3.05) is 13.1 Å². The number of phenols is 2. The van der Waals surface area contributed by atoms with Crippen molar-refractivity contribution < 1.29 is 21.5 Å². The van der Waals surface area contributed by atoms with E-state index in [0.717, 1.165) is 54.5 Å². The highest BCUT2D eigenvalue weighted by Crippen LogP contribution is 2.36. The van der Waals surface area contributed by atoms with Crippen LogP contribution >= 0.6 is 9.12 Å². The molecule has 3 unspecified atom stereocenters. The van der Waals surface area contributed by atoms with E-state index in [9.17, 15) is 20.1 Å². The van der Waals surface area contributed by atoms with Gasteiger partial charge < -0.3 is 15.3 Å². The van der Waals surface area contributed by atoms with Crippen LogP contribution in [0.2, 0.25) is 0 Å². The first kappa shape index (κ1) is 44.7. The molecule has 4 aromatic rings. The molecule has 3 atom stereocenters. The summed E-state index contributed by atoms with van der Waals surface area (Å²) in [5.41, 5.74) is 5.50. The molecule has 0 amide bonds. The Morgan fingerprint density at radius 1 is 0.615 bits per heavy atom. The van der Waals surface area contributed by atoms with Gasteiger partial charge in [0, 0.05) is 54.1 Å². The van der Waals surface area contributed by atoms with Gasteiger partial charge in [-0.25, -0.2) is 0 Å². The van der Waals surface area contributed by atoms with Crippen molar-refractivity contribution in [2.45, 2.75) is 111 Å². The van der Waals surface area contributed by atoms with Gasteiger partial charge in [0.2, 0.25) is 0 Å². The monoisotopic (exact) mass is 726 g/mol. The second-order valence-corrected chi connectivity index (χ2v) is 14.3. The highest BCUT2D eigenvalue weighted by Gasteiger charge is 2.23. The molecule has 6 nitrogen and oxygen atoms in total. The van der Waals surface area contributed by atoms with E-state index in [0.29, 0.717) is 35.5 Å². The summed E-state index contributed by atoms with van der Waals surface area (Å²) in [4.78, 5) is 16.1. The molecule has 0 aromatic heterocycles. The number of aliphatic hydroxyl groups is 1. The average molecular weight is 727 g/mol. The van der Waals surface area contributed by atoms with Crippen molar-refractivity contribution in [3.63, 3.8) is 0 Å². The van der Waals surface area contributed by atoms with Gasteiger partial charge in [0.05, 0.1) is 14.2 Å². The largest absolute Gasteiger partial charge is 0.508 e. The fraction of sp³-hybridized carbons (Fsp3) is 0.432. The van der Waals surface area contributed by atoms with E-state index in [2.05, 4.69) is 97.0 Å². The maximum Gasteiger partial charge on any atom is 0.150 e. The molecule has 0 bridgehead atoms. The summed E-state index contributed by atoms with van der Waals surface area (Å²) in [6.07, 6.45) is 2.64. The number of benzene rings is 4. The Balaban J connectivity index is 0.000000497. The van der Waals surface area contributed by atoms with Gasteiger partial charge in [-0.1, -0.05) is 66.7 Å². The molecule has 52 heavy (non-hydrogen) atoms. The zero-order chi connectivity index (χ0) is 38.8. The van der Waals surface area contributed by atoms with Gasteiger partial charge in [0.1, 0.15) is 17.8 Å². The minimum Gasteiger partial charge on any atom is -0.508 e. The van der Waals surface area contributed by atoms with E-state index in [1.165, 1.54) is 5.56 Å². The quantitative estimate of drug-likeness (QED) is 0.0606. The first-order valence-electron chi connectivity index (χ1n) is 18.5. The van der Waals surface area contributed by atoms with Gasteiger partial charge in [-0.15, -0.1) is 0 Å². The fourth-order valence-corrected chi connectivity index (χ4v) is 7.06. The van der Waals surface area contributed by atoms with Crippen molar-refractivity contribution in [3.05, 3.63) is 130 Å². The Morgan fingerprint density at radius 3 is 1.37 bits per heavy atom. The number of aldehydes is 1. The third-order valence-corrected chi connectivity index (χ3v) is 9.62. The SMILES string of the molecule is CC(C)N(CCC(c1ccccc1)c1cc(C=O)ccc1O)C(C)C.CC(C)N(CCC(c1ccccc1)c1cc(CO)ccc1O)C(C)C.[B]P.[HH]. The molecule has 4 aromatic carbocycles. The maximum atomic E-state index is 11.2. The summed E-state index contributed by atoms with van der Waals surface area (Å²) in [7, 11) is 6.33. The van der Waals surface area contributed by atoms with Crippen LogP contribution in [0.15, 0.2) is 97.1 Å². The number of hydrogen-bond donors (Lipinski definition) is 3. The highest BCUT2D eigenvalue weighted by molar-refractivity contribution is 7.49. The predicted octanol–water partition coefficient (Wildman–Crippen LogP) is 9.56. The summed E-state index contributed by atoms with van der Waals surface area (Å²) in [5, 5.41) is 30.3. The molecule has 0 heterocycles. The van der Waals surface area contributed by atoms with E-state index in [-0.39, 0.29) is 25.6 Å². The van der Waals surface area contributed by atoms with Gasteiger partial charge in [-0.05, 0) is 128 Å². The number of aliphatic hydroxyl groups excluding tert-OH is 1. The van der Waals surface area contributed by atoms with Gasteiger partial charge in [0.15, 0.2) is 0 Å². The van der Waals surface area contributed by atoms with Crippen LogP contribution in [0.5, 0.6) is 11.5 Å². The molecule has 0 aliphatic heterocycles. The van der Waals surface area contributed by atoms with Crippen LogP contribution in [-0.4, -0.2) is 76.2 Å². The Hall–Kier alpha value is -3.48. The number of carbonyl (C=O) groups is 1. The lowest BCUT2D eigenvalue weighted by atomic mass is 9.86. The molecular weight excluding hydrogens is 662 g/mol. The molecule has 0 saturated carbocycles. The standard InChI is InChI=1S/C22H31NO2.C22H29NO2.BH2P.H2/c2*1-16(2)23(17(3)4)13-12-20(19-8-6-5-7-9-19)21-14-18(15-24)10-11-22(21)25;1-2;/h5-11,14,16-17,20,24-25H,12-13,15H2,1-4H3;5-11,14-17,20,25H,12-13H2,1-4H3;2H2;1H. The highest BCUT2D eigenvalue weighted by atomic mass is 31.0. The third kappa shape index (κ3) is 13.5. The number of rotatable bonds is 16. The molecule has 0 saturated heterocycles. The van der Waals surface area contributed by atoms with E-state index in [4.69, 9.17) is 0 Å². The number of nitrogens with zero attached hydrogens (tertiary/aromatic N) is 2. The van der Waals surface area contributed by atoms with Crippen LogP contribution in [0.3, 0.4) is 0 Å². The van der Waals surface area contributed by atoms with Crippen LogP contribution in [0.25, 0.3) is 0 Å². The molecule has 4 rings (SSSR count). The predicted molar refractivity (Wildman–Crippen MR) is 225 cm³/mol. The minimum atomic E-state index is -0.0150. The molecule has 0 spiro atoms. The molecule has 282 valence electrons. The van der Waals surface area contributed by atoms with Crippen LogP contribution in [0.1, 0.15) is 120 Å². The normalized spacial score (nSPS) is 12.5. The summed E-state index contributed by atoms with van der Waals surface area (Å²) < 4.78 is 0. The Labute approximate surface area is 319 Å². The van der Waals surface area contributed by atoms with Crippen LogP contribution in [0.4, 0.5) is 0 Å². The molecule has 0 aliphatic rings. The summed E-state index contributed by atoms with van der Waals surface area (Å²) in [6.45, 7) is 19.6. The van der Waals surface area contributed by atoms with Gasteiger partial charge in [-0.2, -0.15) is 9.12 Å². The first-order chi connectivity index (χ1) is 24.9. The van der Waals surface area contributed by atoms with Gasteiger partial charge in [-0.3, -0.25) is 14.6 Å². The molecule has 3 N–H and O–H groups in total. The zero-order valence-electron chi connectivity index (χ0n) is 32.6. The zero-order valence-corrected chi connectivity index (χ0v) is 33.8. The third-order valence-electron chi connectivity index (χ3n) is 9.62. The van der Waals surface area contributed by atoms with Crippen molar-refractivity contribution >= 4 is 23.0 Å². The maximum absolute atomic E-state index is 11.2. The lowest BCUT2D eigenvalue weighted by Crippen LogP contribution is -2.38. The van der Waals surface area contributed by atoms with Gasteiger partial charge in [0.25, 0.3) is 0 Å². The van der Waals surface area contributed by atoms with Crippen molar-refractivity contribution in [2.24, 2.45) is 0 Å². The Morgan fingerprint density at radius 2 is 1.00 bits per heavy atom. The number of hydrogen-bond acceptors (Lipinski definition) is 6. The number of carbonyl (C=O) groups excluding carboxylic acids is 1. The van der Waals surface area contributed by atoms with E-state index < -0.39 is 0 Å². The summed E-state index contributed by atoms with van der Waals surface area (Å²) in [5.74, 6) is 0.709. The van der Waals surface area contributed by atoms with E-state index >= 15 is 0 Å². The Kier molecular flexibility index (Phi) is 20.0. The Bertz CT molecular complexity index is 1580. The van der Waals surface area contributed by atoms with Crippen molar-refractivity contribution in [1.82, 2.24) is 9.80 Å². The lowest BCUT2D eigenvalue weighted by Gasteiger charge is -2.32. The van der Waals surface area contributed by atoms with Crippen LogP contribution in [0, 0.1) is 0 Å². The molecular formula is C44H64BN2O4P. The summed E-state index contributed by atoms with van der Waals surface area (Å²) >= 11 is 0. The number of phenolic OH excluding ortho intramolecular Hbond substituents is 2. The number of aromatic hydroxyl groups is 2. The lowest BCUT2D eigenvalue weighted by molar-refractivity contribution is 0.112. The van der Waals surface area contributed by atoms with Gasteiger partial charge >= 0.3 is 0 Å². The molecule has 0 fully saturated rings. The van der Waals surface area contributed by atoms with E-state index in [1.54, 1.807) is 24.3 Å².